The highest BCUT2D eigenvalue weighted by Gasteiger charge is 2.20. The number of fused-ring (bicyclic) bond motifs is 1. The van der Waals surface area contributed by atoms with Crippen molar-refractivity contribution in [2.24, 2.45) is 0 Å². The van der Waals surface area contributed by atoms with Crippen molar-refractivity contribution in [2.75, 3.05) is 26.1 Å². The van der Waals surface area contributed by atoms with Crippen molar-refractivity contribution >= 4 is 33.7 Å². The molecule has 0 unspecified atom stereocenters. The number of aromatic nitrogens is 1. The minimum Gasteiger partial charge on any atom is -0.493 e. The van der Waals surface area contributed by atoms with E-state index in [-0.39, 0.29) is 5.91 Å². The molecule has 6 nitrogen and oxygen atoms in total. The zero-order chi connectivity index (χ0) is 19.5. The van der Waals surface area contributed by atoms with Crippen LogP contribution in [0.25, 0.3) is 0 Å². The molecule has 3 heterocycles. The Balaban J connectivity index is 1.41. The number of hydrogen-bond acceptors (Lipinski definition) is 7. The molecule has 0 fully saturated rings. The summed E-state index contributed by atoms with van der Waals surface area (Å²) in [5.41, 5.74) is 3.52. The molecule has 3 aromatic rings. The highest BCUT2D eigenvalue weighted by atomic mass is 32.1. The Morgan fingerprint density at radius 2 is 2.00 bits per heavy atom. The lowest BCUT2D eigenvalue weighted by Gasteiger charge is -2.29. The summed E-state index contributed by atoms with van der Waals surface area (Å²) in [5, 5.41) is 7.41. The molecule has 8 heteroatoms. The van der Waals surface area contributed by atoms with Crippen molar-refractivity contribution in [3.05, 3.63) is 56.7 Å². The van der Waals surface area contributed by atoms with E-state index in [9.17, 15) is 4.79 Å². The summed E-state index contributed by atoms with van der Waals surface area (Å²) in [6.07, 6.45) is 0.960. The van der Waals surface area contributed by atoms with Gasteiger partial charge in [-0.05, 0) is 41.1 Å². The van der Waals surface area contributed by atoms with E-state index >= 15 is 0 Å². The number of ether oxygens (including phenoxy) is 2. The minimum atomic E-state index is -0.108. The third kappa shape index (κ3) is 4.04. The number of carbonyl (C=O) groups excluding carboxylic acids is 1. The van der Waals surface area contributed by atoms with Gasteiger partial charge >= 0.3 is 0 Å². The first-order valence-electron chi connectivity index (χ1n) is 8.91. The number of thiophene rings is 1. The predicted octanol–water partition coefficient (Wildman–Crippen LogP) is 4.03. The summed E-state index contributed by atoms with van der Waals surface area (Å²) < 4.78 is 10.8. The van der Waals surface area contributed by atoms with Crippen LogP contribution in [0.15, 0.2) is 35.0 Å². The molecule has 0 atom stereocenters. The molecule has 1 aliphatic rings. The fourth-order valence-corrected chi connectivity index (χ4v) is 4.62. The standard InChI is InChI=1S/C20H21N3O3S2/c1-25-16-8-13-5-6-23(10-14(13)9-17(16)26-2)11-15-12-28-20(21-15)22-19(24)18-4-3-7-27-18/h3-4,7-9,12H,5-6,10-11H2,1-2H3,(H,21,22,24). The maximum absolute atomic E-state index is 12.2. The SMILES string of the molecule is COc1cc2c(cc1OC)CN(Cc1csc(NC(=O)c3cccs3)n1)CC2. The average Bonchev–Trinajstić information content (AvgIpc) is 3.39. The molecule has 1 N–H and O–H groups in total. The number of nitrogens with one attached hydrogen (secondary N) is 1. The number of rotatable bonds is 6. The van der Waals surface area contributed by atoms with Crippen LogP contribution in [-0.4, -0.2) is 36.6 Å². The summed E-state index contributed by atoms with van der Waals surface area (Å²) in [5.74, 6) is 1.43. The number of amides is 1. The van der Waals surface area contributed by atoms with Gasteiger partial charge < -0.3 is 9.47 Å². The average molecular weight is 416 g/mol. The van der Waals surface area contributed by atoms with Crippen molar-refractivity contribution in [1.29, 1.82) is 0 Å². The van der Waals surface area contributed by atoms with Gasteiger partial charge in [0, 0.05) is 25.0 Å². The highest BCUT2D eigenvalue weighted by Crippen LogP contribution is 2.33. The van der Waals surface area contributed by atoms with Crippen LogP contribution in [0.1, 0.15) is 26.5 Å². The van der Waals surface area contributed by atoms with Gasteiger partial charge in [-0.15, -0.1) is 22.7 Å². The Morgan fingerprint density at radius 1 is 1.21 bits per heavy atom. The summed E-state index contributed by atoms with van der Waals surface area (Å²) in [6, 6.07) is 7.81. The smallest absolute Gasteiger partial charge is 0.267 e. The molecule has 0 radical (unpaired) electrons. The van der Waals surface area contributed by atoms with E-state index in [2.05, 4.69) is 27.3 Å². The van der Waals surface area contributed by atoms with Crippen LogP contribution in [0, 0.1) is 0 Å². The topological polar surface area (TPSA) is 63.7 Å². The third-order valence-electron chi connectivity index (χ3n) is 4.70. The van der Waals surface area contributed by atoms with Gasteiger partial charge in [0.2, 0.25) is 0 Å². The van der Waals surface area contributed by atoms with Crippen LogP contribution < -0.4 is 14.8 Å². The van der Waals surface area contributed by atoms with Crippen molar-refractivity contribution in [1.82, 2.24) is 9.88 Å². The van der Waals surface area contributed by atoms with Gasteiger partial charge in [-0.1, -0.05) is 6.07 Å². The molecule has 0 spiro atoms. The Kier molecular flexibility index (Phi) is 5.61. The largest absolute Gasteiger partial charge is 0.493 e. The molecule has 0 bridgehead atoms. The van der Waals surface area contributed by atoms with E-state index in [4.69, 9.17) is 9.47 Å². The number of methoxy groups -OCH3 is 2. The Hall–Kier alpha value is -2.42. The minimum absolute atomic E-state index is 0.108. The third-order valence-corrected chi connectivity index (χ3v) is 6.38. The van der Waals surface area contributed by atoms with Gasteiger partial charge in [-0.2, -0.15) is 0 Å². The lowest BCUT2D eigenvalue weighted by Crippen LogP contribution is -2.30. The summed E-state index contributed by atoms with van der Waals surface area (Å²) in [7, 11) is 3.32. The highest BCUT2D eigenvalue weighted by molar-refractivity contribution is 7.14. The fourth-order valence-electron chi connectivity index (χ4n) is 3.31. The van der Waals surface area contributed by atoms with Crippen LogP contribution in [-0.2, 0) is 19.5 Å². The Labute approximate surface area is 171 Å². The zero-order valence-electron chi connectivity index (χ0n) is 15.7. The van der Waals surface area contributed by atoms with E-state index < -0.39 is 0 Å². The van der Waals surface area contributed by atoms with E-state index in [1.165, 1.54) is 33.8 Å². The molecule has 0 aliphatic carbocycles. The van der Waals surface area contributed by atoms with Gasteiger partial charge in [0.1, 0.15) is 0 Å². The molecule has 1 aromatic carbocycles. The van der Waals surface area contributed by atoms with Gasteiger partial charge in [-0.3, -0.25) is 15.0 Å². The Bertz CT molecular complexity index is 969. The van der Waals surface area contributed by atoms with Gasteiger partial charge in [-0.25, -0.2) is 4.98 Å². The molecule has 4 rings (SSSR count). The van der Waals surface area contributed by atoms with Crippen LogP contribution >= 0.6 is 22.7 Å². The number of benzene rings is 1. The number of thiazole rings is 1. The van der Waals surface area contributed by atoms with E-state index in [1.807, 2.05) is 22.9 Å². The molecule has 0 saturated carbocycles. The van der Waals surface area contributed by atoms with E-state index in [1.54, 1.807) is 14.2 Å². The van der Waals surface area contributed by atoms with Crippen molar-refractivity contribution in [2.45, 2.75) is 19.5 Å². The van der Waals surface area contributed by atoms with Crippen molar-refractivity contribution in [3.8, 4) is 11.5 Å². The predicted molar refractivity (Wildman–Crippen MR) is 112 cm³/mol. The van der Waals surface area contributed by atoms with Crippen LogP contribution in [0.3, 0.4) is 0 Å². The van der Waals surface area contributed by atoms with Crippen LogP contribution in [0.5, 0.6) is 11.5 Å². The Morgan fingerprint density at radius 3 is 2.71 bits per heavy atom. The maximum atomic E-state index is 12.2. The fraction of sp³-hybridized carbons (Fsp3) is 0.300. The van der Waals surface area contributed by atoms with Crippen molar-refractivity contribution < 1.29 is 14.3 Å². The van der Waals surface area contributed by atoms with Crippen LogP contribution in [0.2, 0.25) is 0 Å². The summed E-state index contributed by atoms with van der Waals surface area (Å²) in [6.45, 7) is 2.54. The first kappa shape index (κ1) is 18.9. The zero-order valence-corrected chi connectivity index (χ0v) is 17.4. The number of nitrogens with zero attached hydrogens (tertiary/aromatic N) is 2. The molecule has 146 valence electrons. The number of carbonyl (C=O) groups is 1. The quantitative estimate of drug-likeness (QED) is 0.658. The first-order chi connectivity index (χ1) is 13.7. The van der Waals surface area contributed by atoms with E-state index in [0.29, 0.717) is 10.0 Å². The molecular formula is C20H21N3O3S2. The monoisotopic (exact) mass is 415 g/mol. The lowest BCUT2D eigenvalue weighted by molar-refractivity contribution is 0.103. The molecule has 1 amide bonds. The summed E-state index contributed by atoms with van der Waals surface area (Å²) >= 11 is 2.88. The second kappa shape index (κ2) is 8.30. The van der Waals surface area contributed by atoms with Gasteiger partial charge in [0.05, 0.1) is 24.8 Å². The van der Waals surface area contributed by atoms with Gasteiger partial charge in [0.25, 0.3) is 5.91 Å². The van der Waals surface area contributed by atoms with Crippen LogP contribution in [0.4, 0.5) is 5.13 Å². The van der Waals surface area contributed by atoms with Crippen molar-refractivity contribution in [3.63, 3.8) is 0 Å². The molecule has 1 aliphatic heterocycles. The van der Waals surface area contributed by atoms with E-state index in [0.717, 1.165) is 43.2 Å². The second-order valence-corrected chi connectivity index (χ2v) is 8.32. The normalized spacial score (nSPS) is 13.8. The molecule has 0 saturated heterocycles. The summed E-state index contributed by atoms with van der Waals surface area (Å²) in [4.78, 5) is 19.8. The molecule has 28 heavy (non-hydrogen) atoms. The lowest BCUT2D eigenvalue weighted by atomic mass is 9.98. The first-order valence-corrected chi connectivity index (χ1v) is 10.7. The number of anilines is 1. The van der Waals surface area contributed by atoms with Gasteiger partial charge in [0.15, 0.2) is 16.6 Å². The second-order valence-electron chi connectivity index (χ2n) is 6.51. The maximum Gasteiger partial charge on any atom is 0.267 e. The molecular weight excluding hydrogens is 394 g/mol. The number of hydrogen-bond donors (Lipinski definition) is 1. The molecule has 2 aromatic heterocycles.